The van der Waals surface area contributed by atoms with Crippen molar-refractivity contribution in [3.63, 3.8) is 0 Å². The molecular formula is C41H75O8P. The zero-order chi connectivity index (χ0) is 36.8. The molecular weight excluding hydrogens is 651 g/mol. The first-order valence-electron chi connectivity index (χ1n) is 20.3. The number of allylic oxidation sites excluding steroid dienone is 6. The van der Waals surface area contributed by atoms with Crippen LogP contribution in [-0.4, -0.2) is 41.0 Å². The van der Waals surface area contributed by atoms with Crippen LogP contribution in [-0.2, 0) is 28.2 Å². The van der Waals surface area contributed by atoms with Gasteiger partial charge in [0.25, 0.3) is 0 Å². The molecule has 292 valence electrons. The maximum atomic E-state index is 12.4. The van der Waals surface area contributed by atoms with Crippen LogP contribution in [0.3, 0.4) is 0 Å². The van der Waals surface area contributed by atoms with E-state index >= 15 is 0 Å². The third-order valence-corrected chi connectivity index (χ3v) is 9.16. The second-order valence-corrected chi connectivity index (χ2v) is 14.8. The van der Waals surface area contributed by atoms with Gasteiger partial charge in [-0.05, 0) is 44.9 Å². The molecule has 2 N–H and O–H groups in total. The summed E-state index contributed by atoms with van der Waals surface area (Å²) in [4.78, 5) is 42.8. The molecule has 0 heterocycles. The summed E-state index contributed by atoms with van der Waals surface area (Å²) in [7, 11) is -4.75. The van der Waals surface area contributed by atoms with Crippen LogP contribution in [0.25, 0.3) is 0 Å². The van der Waals surface area contributed by atoms with Gasteiger partial charge < -0.3 is 19.3 Å². The van der Waals surface area contributed by atoms with Crippen LogP contribution >= 0.6 is 7.82 Å². The molecule has 0 rings (SSSR count). The lowest BCUT2D eigenvalue weighted by atomic mass is 10.0. The van der Waals surface area contributed by atoms with E-state index in [0.717, 1.165) is 64.2 Å². The number of esters is 2. The molecule has 0 aromatic carbocycles. The van der Waals surface area contributed by atoms with E-state index in [1.165, 1.54) is 96.3 Å². The van der Waals surface area contributed by atoms with Crippen LogP contribution in [0.5, 0.6) is 0 Å². The fourth-order valence-electron chi connectivity index (χ4n) is 5.68. The molecule has 0 saturated carbocycles. The van der Waals surface area contributed by atoms with Gasteiger partial charge in [0.2, 0.25) is 0 Å². The second-order valence-electron chi connectivity index (χ2n) is 13.6. The van der Waals surface area contributed by atoms with Crippen molar-refractivity contribution in [1.29, 1.82) is 0 Å². The molecule has 0 aromatic heterocycles. The van der Waals surface area contributed by atoms with Crippen LogP contribution in [0, 0.1) is 0 Å². The molecule has 0 saturated heterocycles. The first kappa shape index (κ1) is 48.3. The highest BCUT2D eigenvalue weighted by molar-refractivity contribution is 7.46. The Bertz CT molecular complexity index is 910. The van der Waals surface area contributed by atoms with Crippen molar-refractivity contribution in [3.8, 4) is 0 Å². The Morgan fingerprint density at radius 3 is 1.44 bits per heavy atom. The van der Waals surface area contributed by atoms with Gasteiger partial charge in [0, 0.05) is 12.8 Å². The summed E-state index contributed by atoms with van der Waals surface area (Å²) >= 11 is 0. The quantitative estimate of drug-likeness (QED) is 0.0281. The van der Waals surface area contributed by atoms with Crippen molar-refractivity contribution in [1.82, 2.24) is 0 Å². The summed E-state index contributed by atoms with van der Waals surface area (Å²) in [5.74, 6) is -0.891. The van der Waals surface area contributed by atoms with E-state index in [1.807, 2.05) is 0 Å². The van der Waals surface area contributed by atoms with Crippen molar-refractivity contribution in [3.05, 3.63) is 36.5 Å². The third-order valence-electron chi connectivity index (χ3n) is 8.67. The van der Waals surface area contributed by atoms with Crippen LogP contribution in [0.4, 0.5) is 0 Å². The summed E-state index contributed by atoms with van der Waals surface area (Å²) in [5.41, 5.74) is 0. The van der Waals surface area contributed by atoms with Gasteiger partial charge in [0.05, 0.1) is 6.61 Å². The first-order valence-corrected chi connectivity index (χ1v) is 21.8. The zero-order valence-corrected chi connectivity index (χ0v) is 32.9. The lowest BCUT2D eigenvalue weighted by Crippen LogP contribution is -2.29. The molecule has 0 amide bonds. The van der Waals surface area contributed by atoms with Gasteiger partial charge in [-0.3, -0.25) is 14.1 Å². The Balaban J connectivity index is 3.93. The van der Waals surface area contributed by atoms with Gasteiger partial charge in [-0.2, -0.15) is 0 Å². The SMILES string of the molecule is CC/C=C\C/C=C\C/C=C\CCCCCCCCCC(=O)OC(COC(=O)CCCCCCCCCCCCCCCCC)COP(=O)(O)O. The van der Waals surface area contributed by atoms with E-state index in [1.54, 1.807) is 0 Å². The standard InChI is InChI=1S/C41H75O8P/c1-3-5-7-9-11-13-15-17-19-20-22-24-26-28-30-32-34-36-41(43)49-39(38-48-50(44,45)46)37-47-40(42)35-33-31-29-27-25-23-21-18-16-14-12-10-8-6-4-2/h5,7,11,13,17,19,39H,3-4,6,8-10,12,14-16,18,20-38H2,1-2H3,(H2,44,45,46)/b7-5-,13-11-,19-17-. The molecule has 1 unspecified atom stereocenters. The van der Waals surface area contributed by atoms with Gasteiger partial charge in [-0.15, -0.1) is 0 Å². The fraction of sp³-hybridized carbons (Fsp3) is 0.805. The van der Waals surface area contributed by atoms with E-state index in [-0.39, 0.29) is 19.4 Å². The minimum atomic E-state index is -4.75. The van der Waals surface area contributed by atoms with Crippen molar-refractivity contribution in [2.75, 3.05) is 13.2 Å². The Morgan fingerprint density at radius 2 is 0.960 bits per heavy atom. The third kappa shape index (κ3) is 39.1. The largest absolute Gasteiger partial charge is 0.469 e. The maximum absolute atomic E-state index is 12.4. The van der Waals surface area contributed by atoms with Crippen molar-refractivity contribution < 1.29 is 37.9 Å². The summed E-state index contributed by atoms with van der Waals surface area (Å²) in [5, 5.41) is 0. The van der Waals surface area contributed by atoms with Crippen LogP contribution in [0.2, 0.25) is 0 Å². The van der Waals surface area contributed by atoms with E-state index in [2.05, 4.69) is 54.8 Å². The molecule has 0 bridgehead atoms. The smallest absolute Gasteiger partial charge is 0.462 e. The molecule has 8 nitrogen and oxygen atoms in total. The van der Waals surface area contributed by atoms with E-state index in [4.69, 9.17) is 19.3 Å². The van der Waals surface area contributed by atoms with Crippen molar-refractivity contribution in [2.45, 2.75) is 200 Å². The lowest BCUT2D eigenvalue weighted by molar-refractivity contribution is -0.161. The van der Waals surface area contributed by atoms with E-state index in [0.29, 0.717) is 6.42 Å². The number of unbranched alkanes of at least 4 members (excludes halogenated alkanes) is 21. The first-order chi connectivity index (χ1) is 24.3. The summed E-state index contributed by atoms with van der Waals surface area (Å²) in [6.07, 6.45) is 42.9. The Labute approximate surface area is 306 Å². The number of hydrogen-bond donors (Lipinski definition) is 2. The topological polar surface area (TPSA) is 119 Å². The zero-order valence-electron chi connectivity index (χ0n) is 32.0. The highest BCUT2D eigenvalue weighted by atomic mass is 31.2. The number of phosphoric ester groups is 1. The number of carbonyl (C=O) groups is 2. The molecule has 0 aromatic rings. The predicted octanol–water partition coefficient (Wildman–Crippen LogP) is 12.2. The lowest BCUT2D eigenvalue weighted by Gasteiger charge is -2.18. The van der Waals surface area contributed by atoms with Crippen molar-refractivity contribution >= 4 is 19.8 Å². The maximum Gasteiger partial charge on any atom is 0.469 e. The fourth-order valence-corrected chi connectivity index (χ4v) is 6.04. The Hall–Kier alpha value is -1.73. The number of ether oxygens (including phenoxy) is 2. The molecule has 9 heteroatoms. The normalized spacial score (nSPS) is 12.8. The van der Waals surface area contributed by atoms with Gasteiger partial charge in [-0.25, -0.2) is 4.57 Å². The molecule has 1 atom stereocenters. The molecule has 0 radical (unpaired) electrons. The van der Waals surface area contributed by atoms with Gasteiger partial charge in [0.1, 0.15) is 6.61 Å². The molecule has 0 fully saturated rings. The second kappa shape index (κ2) is 37.0. The highest BCUT2D eigenvalue weighted by Gasteiger charge is 2.22. The number of hydrogen-bond acceptors (Lipinski definition) is 6. The molecule has 0 spiro atoms. The van der Waals surface area contributed by atoms with Crippen LogP contribution < -0.4 is 0 Å². The molecule has 0 aliphatic rings. The molecule has 0 aliphatic heterocycles. The Kier molecular flexibility index (Phi) is 35.8. The average molecular weight is 727 g/mol. The van der Waals surface area contributed by atoms with Crippen LogP contribution in [0.1, 0.15) is 194 Å². The minimum absolute atomic E-state index is 0.202. The predicted molar refractivity (Wildman–Crippen MR) is 207 cm³/mol. The van der Waals surface area contributed by atoms with Gasteiger partial charge in [0.15, 0.2) is 6.10 Å². The summed E-state index contributed by atoms with van der Waals surface area (Å²) < 4.78 is 26.4. The van der Waals surface area contributed by atoms with E-state index < -0.39 is 32.5 Å². The molecule has 50 heavy (non-hydrogen) atoms. The van der Waals surface area contributed by atoms with Gasteiger partial charge in [-0.1, -0.05) is 172 Å². The van der Waals surface area contributed by atoms with Crippen molar-refractivity contribution in [2.24, 2.45) is 0 Å². The summed E-state index contributed by atoms with van der Waals surface area (Å²) in [6.45, 7) is 3.57. The van der Waals surface area contributed by atoms with Crippen LogP contribution in [0.15, 0.2) is 36.5 Å². The highest BCUT2D eigenvalue weighted by Crippen LogP contribution is 2.36. The monoisotopic (exact) mass is 727 g/mol. The number of carbonyl (C=O) groups excluding carboxylic acids is 2. The van der Waals surface area contributed by atoms with E-state index in [9.17, 15) is 14.2 Å². The number of phosphoric acid groups is 1. The Morgan fingerprint density at radius 1 is 0.540 bits per heavy atom. The average Bonchev–Trinajstić information content (AvgIpc) is 3.08. The van der Waals surface area contributed by atoms with Gasteiger partial charge >= 0.3 is 19.8 Å². The minimum Gasteiger partial charge on any atom is -0.462 e. The number of rotatable bonds is 37. The summed E-state index contributed by atoms with van der Waals surface area (Å²) in [6, 6.07) is 0. The molecule has 0 aliphatic carbocycles.